The van der Waals surface area contributed by atoms with E-state index < -0.39 is 0 Å². The second-order valence-electron chi connectivity index (χ2n) is 4.86. The number of halogens is 2. The Kier molecular flexibility index (Phi) is 6.37. The maximum absolute atomic E-state index is 5.96. The van der Waals surface area contributed by atoms with Crippen molar-refractivity contribution in [1.82, 2.24) is 5.32 Å². The molecule has 2 nitrogen and oxygen atoms in total. The lowest BCUT2D eigenvalue weighted by Crippen LogP contribution is -2.13. The molecule has 0 radical (unpaired) electrons. The Bertz CT molecular complexity index is 570. The Balaban J connectivity index is 1.86. The largest absolute Gasteiger partial charge is 0.489 e. The summed E-state index contributed by atoms with van der Waals surface area (Å²) in [7, 11) is 0. The van der Waals surface area contributed by atoms with Crippen molar-refractivity contribution in [3.05, 3.63) is 63.6 Å². The third-order valence-corrected chi connectivity index (χ3v) is 3.81. The Morgan fingerprint density at radius 3 is 2.33 bits per heavy atom. The Morgan fingerprint density at radius 2 is 1.67 bits per heavy atom. The molecule has 1 N–H and O–H groups in total. The average molecular weight is 324 g/mol. The van der Waals surface area contributed by atoms with Crippen molar-refractivity contribution >= 4 is 23.2 Å². The zero-order valence-electron chi connectivity index (χ0n) is 12.0. The van der Waals surface area contributed by atoms with Crippen molar-refractivity contribution in [2.75, 3.05) is 6.54 Å². The van der Waals surface area contributed by atoms with E-state index in [0.29, 0.717) is 16.7 Å². The highest BCUT2D eigenvalue weighted by atomic mass is 35.5. The number of nitrogens with one attached hydrogen (secondary N) is 1. The molecule has 0 saturated heterocycles. The van der Waals surface area contributed by atoms with E-state index >= 15 is 0 Å². The first-order chi connectivity index (χ1) is 10.2. The molecular formula is C17H19Cl2NO. The molecule has 0 heterocycles. The summed E-state index contributed by atoms with van der Waals surface area (Å²) >= 11 is 11.8. The van der Waals surface area contributed by atoms with E-state index in [-0.39, 0.29) is 0 Å². The van der Waals surface area contributed by atoms with Crippen LogP contribution in [-0.2, 0) is 13.2 Å². The van der Waals surface area contributed by atoms with E-state index in [9.17, 15) is 0 Å². The number of hydrogen-bond acceptors (Lipinski definition) is 2. The third-order valence-electron chi connectivity index (χ3n) is 3.08. The molecule has 0 fully saturated rings. The van der Waals surface area contributed by atoms with Gasteiger partial charge in [-0.3, -0.25) is 0 Å². The lowest BCUT2D eigenvalue weighted by molar-refractivity contribution is 0.306. The van der Waals surface area contributed by atoms with Gasteiger partial charge in [-0.15, -0.1) is 0 Å². The highest BCUT2D eigenvalue weighted by Gasteiger charge is 2.01. The summed E-state index contributed by atoms with van der Waals surface area (Å²) in [4.78, 5) is 0. The van der Waals surface area contributed by atoms with Gasteiger partial charge in [-0.05, 0) is 36.2 Å². The zero-order valence-corrected chi connectivity index (χ0v) is 13.5. The van der Waals surface area contributed by atoms with Gasteiger partial charge in [0.15, 0.2) is 0 Å². The molecule has 0 spiro atoms. The zero-order chi connectivity index (χ0) is 15.1. The topological polar surface area (TPSA) is 21.3 Å². The van der Waals surface area contributed by atoms with Crippen LogP contribution >= 0.6 is 23.2 Å². The van der Waals surface area contributed by atoms with Crippen LogP contribution in [0.15, 0.2) is 42.5 Å². The minimum absolute atomic E-state index is 0.506. The van der Waals surface area contributed by atoms with Gasteiger partial charge in [-0.25, -0.2) is 0 Å². The van der Waals surface area contributed by atoms with Gasteiger partial charge >= 0.3 is 0 Å². The lowest BCUT2D eigenvalue weighted by Gasteiger charge is -2.08. The Labute approximate surface area is 136 Å². The quantitative estimate of drug-likeness (QED) is 0.718. The molecule has 2 aromatic carbocycles. The van der Waals surface area contributed by atoms with Crippen LogP contribution in [0.1, 0.15) is 24.5 Å². The first kappa shape index (κ1) is 16.2. The van der Waals surface area contributed by atoms with Crippen molar-refractivity contribution in [2.24, 2.45) is 0 Å². The van der Waals surface area contributed by atoms with Crippen LogP contribution in [0.3, 0.4) is 0 Å². The molecule has 112 valence electrons. The Hall–Kier alpha value is -1.22. The van der Waals surface area contributed by atoms with Gasteiger partial charge in [0.1, 0.15) is 12.4 Å². The normalized spacial score (nSPS) is 10.6. The van der Waals surface area contributed by atoms with Gasteiger partial charge in [0.05, 0.1) is 10.0 Å². The maximum atomic E-state index is 5.96. The van der Waals surface area contributed by atoms with Crippen LogP contribution in [0.2, 0.25) is 10.0 Å². The summed E-state index contributed by atoms with van der Waals surface area (Å²) < 4.78 is 5.71. The van der Waals surface area contributed by atoms with E-state index in [0.717, 1.165) is 30.8 Å². The summed E-state index contributed by atoms with van der Waals surface area (Å²) in [6.07, 6.45) is 1.15. The van der Waals surface area contributed by atoms with E-state index in [1.165, 1.54) is 5.56 Å². The van der Waals surface area contributed by atoms with Gasteiger partial charge < -0.3 is 10.1 Å². The molecule has 21 heavy (non-hydrogen) atoms. The molecule has 0 aliphatic rings. The number of ether oxygens (including phenoxy) is 1. The van der Waals surface area contributed by atoms with Crippen molar-refractivity contribution < 1.29 is 4.74 Å². The molecule has 0 aliphatic heterocycles. The average Bonchev–Trinajstić information content (AvgIpc) is 2.50. The number of hydrogen-bond donors (Lipinski definition) is 1. The molecule has 0 bridgehead atoms. The molecule has 0 aromatic heterocycles. The summed E-state index contributed by atoms with van der Waals surface area (Å²) in [5.41, 5.74) is 2.40. The standard InChI is InChI=1S/C17H19Cl2NO/c1-2-9-20-11-13-3-5-14(6-4-13)12-21-15-7-8-16(18)17(19)10-15/h3-8,10,20H,2,9,11-12H2,1H3. The van der Waals surface area contributed by atoms with Crippen LogP contribution in [0.4, 0.5) is 0 Å². The smallest absolute Gasteiger partial charge is 0.121 e. The fourth-order valence-electron chi connectivity index (χ4n) is 1.90. The van der Waals surface area contributed by atoms with E-state index in [1.54, 1.807) is 12.1 Å². The summed E-state index contributed by atoms with van der Waals surface area (Å²) in [6, 6.07) is 13.7. The summed E-state index contributed by atoms with van der Waals surface area (Å²) in [5, 5.41) is 4.42. The fourth-order valence-corrected chi connectivity index (χ4v) is 2.18. The van der Waals surface area contributed by atoms with Gasteiger partial charge in [0, 0.05) is 12.6 Å². The van der Waals surface area contributed by atoms with E-state index in [4.69, 9.17) is 27.9 Å². The summed E-state index contributed by atoms with van der Waals surface area (Å²) in [6.45, 7) is 4.63. The van der Waals surface area contributed by atoms with Crippen LogP contribution in [0, 0.1) is 0 Å². The van der Waals surface area contributed by atoms with Gasteiger partial charge in [-0.1, -0.05) is 54.4 Å². The van der Waals surface area contributed by atoms with Crippen molar-refractivity contribution in [3.63, 3.8) is 0 Å². The highest BCUT2D eigenvalue weighted by molar-refractivity contribution is 6.42. The predicted octanol–water partition coefficient (Wildman–Crippen LogP) is 5.07. The van der Waals surface area contributed by atoms with E-state index in [2.05, 4.69) is 36.5 Å². The lowest BCUT2D eigenvalue weighted by atomic mass is 10.1. The number of benzene rings is 2. The first-order valence-corrected chi connectivity index (χ1v) is 7.81. The van der Waals surface area contributed by atoms with Crippen LogP contribution in [-0.4, -0.2) is 6.54 Å². The second kappa shape index (κ2) is 8.28. The molecule has 0 saturated carbocycles. The molecule has 2 aromatic rings. The predicted molar refractivity (Wildman–Crippen MR) is 89.2 cm³/mol. The van der Waals surface area contributed by atoms with Crippen molar-refractivity contribution in [2.45, 2.75) is 26.5 Å². The highest BCUT2D eigenvalue weighted by Crippen LogP contribution is 2.26. The molecule has 0 unspecified atom stereocenters. The molecule has 0 atom stereocenters. The number of rotatable bonds is 7. The summed E-state index contributed by atoms with van der Waals surface area (Å²) in [5.74, 6) is 0.720. The van der Waals surface area contributed by atoms with Gasteiger partial charge in [0.25, 0.3) is 0 Å². The first-order valence-electron chi connectivity index (χ1n) is 7.05. The van der Waals surface area contributed by atoms with Crippen molar-refractivity contribution in [3.8, 4) is 5.75 Å². The van der Waals surface area contributed by atoms with Gasteiger partial charge in [-0.2, -0.15) is 0 Å². The fraction of sp³-hybridized carbons (Fsp3) is 0.294. The van der Waals surface area contributed by atoms with Crippen LogP contribution in [0.25, 0.3) is 0 Å². The molecule has 0 aliphatic carbocycles. The molecular weight excluding hydrogens is 305 g/mol. The second-order valence-corrected chi connectivity index (χ2v) is 5.67. The molecule has 2 rings (SSSR count). The monoisotopic (exact) mass is 323 g/mol. The van der Waals surface area contributed by atoms with E-state index in [1.807, 2.05) is 6.07 Å². The maximum Gasteiger partial charge on any atom is 0.121 e. The third kappa shape index (κ3) is 5.24. The Morgan fingerprint density at radius 1 is 0.952 bits per heavy atom. The van der Waals surface area contributed by atoms with Crippen LogP contribution in [0.5, 0.6) is 5.75 Å². The van der Waals surface area contributed by atoms with Crippen LogP contribution < -0.4 is 10.1 Å². The SMILES string of the molecule is CCCNCc1ccc(COc2ccc(Cl)c(Cl)c2)cc1. The van der Waals surface area contributed by atoms with Crippen molar-refractivity contribution in [1.29, 1.82) is 0 Å². The molecule has 4 heteroatoms. The minimum Gasteiger partial charge on any atom is -0.489 e. The minimum atomic E-state index is 0.506. The molecule has 0 amide bonds. The van der Waals surface area contributed by atoms with Gasteiger partial charge in [0.2, 0.25) is 0 Å².